The maximum Gasteiger partial charge on any atom is 0.263 e. The highest BCUT2D eigenvalue weighted by Crippen LogP contribution is 2.42. The first kappa shape index (κ1) is 22.0. The summed E-state index contributed by atoms with van der Waals surface area (Å²) >= 11 is 0. The number of carbonyl (C=O) groups excluding carboxylic acids is 2. The van der Waals surface area contributed by atoms with Crippen molar-refractivity contribution in [2.45, 2.75) is 18.1 Å². The van der Waals surface area contributed by atoms with Crippen molar-refractivity contribution in [3.05, 3.63) is 100 Å². The van der Waals surface area contributed by atoms with E-state index in [4.69, 9.17) is 4.74 Å². The van der Waals surface area contributed by atoms with E-state index in [9.17, 15) is 14.4 Å². The molecule has 2 aliphatic heterocycles. The molecule has 34 heavy (non-hydrogen) atoms. The Morgan fingerprint density at radius 2 is 1.94 bits per heavy atom. The van der Waals surface area contributed by atoms with Gasteiger partial charge in [-0.2, -0.15) is 0 Å². The Labute approximate surface area is 197 Å². The largest absolute Gasteiger partial charge is 0.361 e. The molecule has 2 fully saturated rings. The number of carbonyl (C=O) groups is 2. The second kappa shape index (κ2) is 8.87. The number of pyridine rings is 2. The first-order chi connectivity index (χ1) is 16.5. The van der Waals surface area contributed by atoms with Crippen molar-refractivity contribution >= 4 is 11.8 Å². The van der Waals surface area contributed by atoms with Gasteiger partial charge in [-0.1, -0.05) is 36.4 Å². The summed E-state index contributed by atoms with van der Waals surface area (Å²) in [4.78, 5) is 47.3. The first-order valence-corrected chi connectivity index (χ1v) is 11.3. The highest BCUT2D eigenvalue weighted by atomic mass is 16.5. The molecular weight excluding hydrogens is 432 g/mol. The highest BCUT2D eigenvalue weighted by Gasteiger charge is 2.58. The van der Waals surface area contributed by atoms with E-state index < -0.39 is 5.60 Å². The van der Waals surface area contributed by atoms with Crippen molar-refractivity contribution in [3.8, 4) is 0 Å². The van der Waals surface area contributed by atoms with Gasteiger partial charge in [0.1, 0.15) is 5.56 Å². The maximum atomic E-state index is 13.9. The summed E-state index contributed by atoms with van der Waals surface area (Å²) in [6.07, 6.45) is 5.06. The van der Waals surface area contributed by atoms with Crippen LogP contribution < -0.4 is 5.56 Å². The van der Waals surface area contributed by atoms with E-state index in [2.05, 4.69) is 4.98 Å². The van der Waals surface area contributed by atoms with Crippen LogP contribution in [0.5, 0.6) is 0 Å². The van der Waals surface area contributed by atoms with Crippen LogP contribution in [0.25, 0.3) is 0 Å². The number of aromatic nitrogens is 2. The lowest BCUT2D eigenvalue weighted by Crippen LogP contribution is -2.59. The Balaban J connectivity index is 1.50. The average Bonchev–Trinajstić information content (AvgIpc) is 3.12. The smallest absolute Gasteiger partial charge is 0.263 e. The van der Waals surface area contributed by atoms with Gasteiger partial charge in [-0.25, -0.2) is 0 Å². The topological polar surface area (TPSA) is 84.7 Å². The minimum Gasteiger partial charge on any atom is -0.361 e. The SMILES string of the molecule is Cn1cccc(C(=O)N2CCOC3(C2)C(=O)N(Cc2cccnc2)CC3c2ccccc2)c1=O. The van der Waals surface area contributed by atoms with Crippen molar-refractivity contribution in [2.24, 2.45) is 7.05 Å². The van der Waals surface area contributed by atoms with E-state index in [1.807, 2.05) is 42.5 Å². The van der Waals surface area contributed by atoms with Crippen molar-refractivity contribution in [3.63, 3.8) is 0 Å². The number of nitrogens with zero attached hydrogens (tertiary/aromatic N) is 4. The van der Waals surface area contributed by atoms with Crippen LogP contribution in [0.1, 0.15) is 27.4 Å². The van der Waals surface area contributed by atoms with E-state index in [1.54, 1.807) is 41.5 Å². The van der Waals surface area contributed by atoms with E-state index in [0.29, 0.717) is 19.6 Å². The Morgan fingerprint density at radius 3 is 2.71 bits per heavy atom. The molecule has 1 aromatic carbocycles. The van der Waals surface area contributed by atoms with Gasteiger partial charge in [0.2, 0.25) is 0 Å². The van der Waals surface area contributed by atoms with Crippen LogP contribution in [-0.4, -0.2) is 63.0 Å². The number of morpholine rings is 1. The average molecular weight is 459 g/mol. The Bertz CT molecular complexity index is 1260. The zero-order chi connectivity index (χ0) is 23.7. The van der Waals surface area contributed by atoms with Crippen LogP contribution in [0.4, 0.5) is 0 Å². The number of rotatable bonds is 4. The van der Waals surface area contributed by atoms with Crippen molar-refractivity contribution < 1.29 is 14.3 Å². The standard InChI is InChI=1S/C26H26N4O4/c1-28-12-6-10-21(23(28)31)24(32)29-13-14-34-26(18-29)22(20-8-3-2-4-9-20)17-30(25(26)33)16-19-7-5-11-27-15-19/h2-12,15,22H,13-14,16-18H2,1H3. The Hall–Kier alpha value is -3.78. The van der Waals surface area contributed by atoms with Crippen molar-refractivity contribution in [2.75, 3.05) is 26.2 Å². The van der Waals surface area contributed by atoms with Crippen LogP contribution in [0.15, 0.2) is 78.0 Å². The summed E-state index contributed by atoms with van der Waals surface area (Å²) in [7, 11) is 1.61. The Kier molecular flexibility index (Phi) is 5.75. The molecule has 0 aliphatic carbocycles. The summed E-state index contributed by atoms with van der Waals surface area (Å²) < 4.78 is 7.64. The molecule has 8 nitrogen and oxygen atoms in total. The van der Waals surface area contributed by atoms with Crippen molar-refractivity contribution in [1.29, 1.82) is 0 Å². The zero-order valence-electron chi connectivity index (χ0n) is 19.0. The lowest BCUT2D eigenvalue weighted by molar-refractivity contribution is -0.160. The van der Waals surface area contributed by atoms with Crippen LogP contribution in [0.3, 0.4) is 0 Å². The number of amides is 2. The van der Waals surface area contributed by atoms with Gasteiger partial charge in [-0.3, -0.25) is 19.4 Å². The fourth-order valence-corrected chi connectivity index (χ4v) is 4.97. The lowest BCUT2D eigenvalue weighted by atomic mass is 9.83. The number of aryl methyl sites for hydroxylation is 1. The van der Waals surface area contributed by atoms with Gasteiger partial charge < -0.3 is 19.1 Å². The summed E-state index contributed by atoms with van der Waals surface area (Å²) in [6.45, 7) is 1.50. The van der Waals surface area contributed by atoms with Gasteiger partial charge in [-0.15, -0.1) is 0 Å². The lowest BCUT2D eigenvalue weighted by Gasteiger charge is -2.42. The van der Waals surface area contributed by atoms with Crippen molar-refractivity contribution in [1.82, 2.24) is 19.4 Å². The molecule has 2 aromatic heterocycles. The predicted molar refractivity (Wildman–Crippen MR) is 125 cm³/mol. The Morgan fingerprint density at radius 1 is 1.12 bits per heavy atom. The third-order valence-electron chi connectivity index (χ3n) is 6.70. The molecule has 3 aromatic rings. The zero-order valence-corrected chi connectivity index (χ0v) is 19.0. The number of hydrogen-bond donors (Lipinski definition) is 0. The monoisotopic (exact) mass is 458 g/mol. The summed E-state index contributed by atoms with van der Waals surface area (Å²) in [5.74, 6) is -0.787. The van der Waals surface area contributed by atoms with Crippen LogP contribution in [-0.2, 0) is 23.1 Å². The summed E-state index contributed by atoms with van der Waals surface area (Å²) in [5.41, 5.74) is 0.433. The molecule has 0 N–H and O–H groups in total. The third kappa shape index (κ3) is 3.80. The maximum absolute atomic E-state index is 13.9. The van der Waals surface area contributed by atoms with E-state index in [1.165, 1.54) is 10.6 Å². The third-order valence-corrected chi connectivity index (χ3v) is 6.70. The molecule has 2 atom stereocenters. The molecule has 174 valence electrons. The molecule has 8 heteroatoms. The molecule has 0 radical (unpaired) electrons. The number of hydrogen-bond acceptors (Lipinski definition) is 5. The minimum atomic E-state index is -1.21. The summed E-state index contributed by atoms with van der Waals surface area (Å²) in [6, 6.07) is 16.8. The van der Waals surface area contributed by atoms with Gasteiger partial charge in [0, 0.05) is 51.2 Å². The molecule has 2 saturated heterocycles. The van der Waals surface area contributed by atoms with Crippen LogP contribution >= 0.6 is 0 Å². The molecule has 2 amide bonds. The van der Waals surface area contributed by atoms with Gasteiger partial charge in [-0.05, 0) is 29.3 Å². The molecule has 1 spiro atoms. The molecule has 2 unspecified atom stereocenters. The molecule has 0 saturated carbocycles. The minimum absolute atomic E-state index is 0.0891. The van der Waals surface area contributed by atoms with Crippen LogP contribution in [0, 0.1) is 0 Å². The predicted octanol–water partition coefficient (Wildman–Crippen LogP) is 1.82. The van der Waals surface area contributed by atoms with E-state index in [-0.39, 0.29) is 42.0 Å². The van der Waals surface area contributed by atoms with Gasteiger partial charge in [0.05, 0.1) is 13.2 Å². The van der Waals surface area contributed by atoms with Crippen LogP contribution in [0.2, 0.25) is 0 Å². The normalized spacial score (nSPS) is 22.4. The molecule has 5 rings (SSSR count). The number of benzene rings is 1. The van der Waals surface area contributed by atoms with Gasteiger partial charge in [0.15, 0.2) is 5.60 Å². The molecule has 4 heterocycles. The van der Waals surface area contributed by atoms with Gasteiger partial charge in [0.25, 0.3) is 17.4 Å². The fraction of sp³-hybridized carbons (Fsp3) is 0.308. The quantitative estimate of drug-likeness (QED) is 0.596. The summed E-state index contributed by atoms with van der Waals surface area (Å²) in [5, 5.41) is 0. The van der Waals surface area contributed by atoms with E-state index >= 15 is 0 Å². The highest BCUT2D eigenvalue weighted by molar-refractivity contribution is 5.96. The molecular formula is C26H26N4O4. The first-order valence-electron chi connectivity index (χ1n) is 11.3. The van der Waals surface area contributed by atoms with Gasteiger partial charge >= 0.3 is 0 Å². The van der Waals surface area contributed by atoms with E-state index in [0.717, 1.165) is 11.1 Å². The second-order valence-corrected chi connectivity index (χ2v) is 8.81. The number of ether oxygens (including phenoxy) is 1. The fourth-order valence-electron chi connectivity index (χ4n) is 4.97. The number of likely N-dealkylation sites (tertiary alicyclic amines) is 1. The molecule has 2 aliphatic rings. The molecule has 0 bridgehead atoms. The second-order valence-electron chi connectivity index (χ2n) is 8.81.